The Kier molecular flexibility index (Phi) is 4.62. The minimum Gasteiger partial charge on any atom is -0.559 e. The molecular formula is C11H26BO4-. The minimum absolute atomic E-state index is 0.184. The Morgan fingerprint density at radius 3 is 1.31 bits per heavy atom. The van der Waals surface area contributed by atoms with Crippen LogP contribution in [0.3, 0.4) is 0 Å². The largest absolute Gasteiger partial charge is 0.559 e. The van der Waals surface area contributed by atoms with E-state index in [9.17, 15) is 20.2 Å². The SMILES string of the molecule is CC(C)(C)C(CO)C([B-](O)(O)O)C(C)(C)C. The van der Waals surface area contributed by atoms with Crippen molar-refractivity contribution in [1.29, 1.82) is 0 Å². The lowest BCUT2D eigenvalue weighted by Crippen LogP contribution is -2.52. The van der Waals surface area contributed by atoms with E-state index in [0.717, 1.165) is 0 Å². The Balaban J connectivity index is 5.35. The number of hydrogen-bond donors (Lipinski definition) is 4. The Labute approximate surface area is 98.3 Å². The number of hydrogen-bond acceptors (Lipinski definition) is 4. The molecule has 0 aromatic rings. The van der Waals surface area contributed by atoms with Crippen LogP contribution in [-0.4, -0.2) is 33.5 Å². The van der Waals surface area contributed by atoms with Gasteiger partial charge in [0, 0.05) is 6.61 Å². The second-order valence-electron chi connectivity index (χ2n) is 6.84. The summed E-state index contributed by atoms with van der Waals surface area (Å²) >= 11 is 0. The van der Waals surface area contributed by atoms with E-state index in [1.165, 1.54) is 0 Å². The molecule has 0 rings (SSSR count). The van der Waals surface area contributed by atoms with E-state index in [0.29, 0.717) is 0 Å². The summed E-state index contributed by atoms with van der Waals surface area (Å²) in [4.78, 5) is 0. The molecule has 0 fully saturated rings. The second kappa shape index (κ2) is 4.65. The van der Waals surface area contributed by atoms with Gasteiger partial charge < -0.3 is 20.2 Å². The Hall–Kier alpha value is -0.0951. The second-order valence-corrected chi connectivity index (χ2v) is 6.84. The predicted molar refractivity (Wildman–Crippen MR) is 65.6 cm³/mol. The molecule has 2 atom stereocenters. The summed E-state index contributed by atoms with van der Waals surface area (Å²) in [6.45, 7) is 7.57. The number of rotatable bonds is 3. The number of aliphatic hydroxyl groups is 1. The molecule has 98 valence electrons. The molecule has 0 aromatic carbocycles. The third-order valence-electron chi connectivity index (χ3n) is 3.22. The van der Waals surface area contributed by atoms with Crippen LogP contribution in [-0.2, 0) is 0 Å². The van der Waals surface area contributed by atoms with Gasteiger partial charge in [0.05, 0.1) is 0 Å². The molecule has 0 aliphatic rings. The van der Waals surface area contributed by atoms with E-state index in [-0.39, 0.29) is 17.9 Å². The van der Waals surface area contributed by atoms with Crippen LogP contribution in [0.4, 0.5) is 0 Å². The van der Waals surface area contributed by atoms with E-state index in [2.05, 4.69) is 0 Å². The molecular weight excluding hydrogens is 207 g/mol. The first-order chi connectivity index (χ1) is 6.81. The maximum atomic E-state index is 9.54. The summed E-state index contributed by atoms with van der Waals surface area (Å²) in [7, 11) is 0. The lowest BCUT2D eigenvalue weighted by Gasteiger charge is -2.50. The fraction of sp³-hybridized carbons (Fsp3) is 1.00. The molecule has 5 heteroatoms. The van der Waals surface area contributed by atoms with Crippen molar-refractivity contribution in [1.82, 2.24) is 0 Å². The molecule has 0 bridgehead atoms. The van der Waals surface area contributed by atoms with Crippen molar-refractivity contribution in [3.63, 3.8) is 0 Å². The molecule has 0 aliphatic heterocycles. The number of aliphatic hydroxyl groups excluding tert-OH is 1. The van der Waals surface area contributed by atoms with Gasteiger partial charge in [-0.1, -0.05) is 52.8 Å². The first kappa shape index (κ1) is 15.9. The first-order valence-corrected chi connectivity index (χ1v) is 5.74. The molecule has 0 aromatic heterocycles. The van der Waals surface area contributed by atoms with Crippen molar-refractivity contribution in [2.24, 2.45) is 16.7 Å². The summed E-state index contributed by atoms with van der Waals surface area (Å²) in [6, 6.07) is 0. The lowest BCUT2D eigenvalue weighted by molar-refractivity contribution is 0.0514. The molecule has 0 saturated carbocycles. The zero-order chi connectivity index (χ0) is 13.4. The van der Waals surface area contributed by atoms with Crippen LogP contribution in [0.1, 0.15) is 41.5 Å². The normalized spacial score (nSPS) is 18.4. The quantitative estimate of drug-likeness (QED) is 0.547. The van der Waals surface area contributed by atoms with Gasteiger partial charge in [-0.15, -0.1) is 0 Å². The van der Waals surface area contributed by atoms with Gasteiger partial charge in [-0.25, -0.2) is 0 Å². The van der Waals surface area contributed by atoms with Gasteiger partial charge in [-0.3, -0.25) is 0 Å². The highest BCUT2D eigenvalue weighted by Gasteiger charge is 2.45. The molecule has 0 aliphatic carbocycles. The highest BCUT2D eigenvalue weighted by atomic mass is 16.5. The summed E-state index contributed by atoms with van der Waals surface area (Å²) in [5.41, 5.74) is -0.813. The highest BCUT2D eigenvalue weighted by molar-refractivity contribution is 6.58. The van der Waals surface area contributed by atoms with Crippen LogP contribution < -0.4 is 0 Å². The third-order valence-corrected chi connectivity index (χ3v) is 3.22. The average molecular weight is 233 g/mol. The van der Waals surface area contributed by atoms with E-state index >= 15 is 0 Å². The monoisotopic (exact) mass is 233 g/mol. The van der Waals surface area contributed by atoms with Gasteiger partial charge in [-0.05, 0) is 11.3 Å². The van der Waals surface area contributed by atoms with Crippen molar-refractivity contribution in [2.45, 2.75) is 47.4 Å². The maximum absolute atomic E-state index is 9.54. The Morgan fingerprint density at radius 1 is 0.875 bits per heavy atom. The molecule has 16 heavy (non-hydrogen) atoms. The molecule has 0 radical (unpaired) electrons. The van der Waals surface area contributed by atoms with Gasteiger partial charge in [0.15, 0.2) is 0 Å². The van der Waals surface area contributed by atoms with Crippen molar-refractivity contribution in [3.8, 4) is 0 Å². The first-order valence-electron chi connectivity index (χ1n) is 5.74. The van der Waals surface area contributed by atoms with Crippen LogP contribution in [0.15, 0.2) is 0 Å². The van der Waals surface area contributed by atoms with Gasteiger partial charge in [0.25, 0.3) is 0 Å². The van der Waals surface area contributed by atoms with E-state index in [1.807, 2.05) is 41.5 Å². The van der Waals surface area contributed by atoms with Crippen LogP contribution >= 0.6 is 0 Å². The zero-order valence-electron chi connectivity index (χ0n) is 11.2. The van der Waals surface area contributed by atoms with E-state index in [1.54, 1.807) is 0 Å². The van der Waals surface area contributed by atoms with E-state index in [4.69, 9.17) is 0 Å². The average Bonchev–Trinajstić information content (AvgIpc) is 1.91. The van der Waals surface area contributed by atoms with Gasteiger partial charge >= 0.3 is 6.75 Å². The highest BCUT2D eigenvalue weighted by Crippen LogP contribution is 2.48. The van der Waals surface area contributed by atoms with Crippen molar-refractivity contribution in [3.05, 3.63) is 0 Å². The third kappa shape index (κ3) is 4.05. The van der Waals surface area contributed by atoms with Gasteiger partial charge in [0.1, 0.15) is 0 Å². The maximum Gasteiger partial charge on any atom is 0.375 e. The van der Waals surface area contributed by atoms with Crippen LogP contribution in [0, 0.1) is 16.7 Å². The molecule has 0 amide bonds. The Morgan fingerprint density at radius 2 is 1.25 bits per heavy atom. The fourth-order valence-electron chi connectivity index (χ4n) is 2.51. The lowest BCUT2D eigenvalue weighted by atomic mass is 9.46. The van der Waals surface area contributed by atoms with Crippen molar-refractivity contribution >= 4 is 6.75 Å². The van der Waals surface area contributed by atoms with Crippen molar-refractivity contribution in [2.75, 3.05) is 6.61 Å². The predicted octanol–water partition coefficient (Wildman–Crippen LogP) is 0.973. The molecule has 4 nitrogen and oxygen atoms in total. The van der Waals surface area contributed by atoms with Crippen LogP contribution in [0.2, 0.25) is 5.82 Å². The van der Waals surface area contributed by atoms with Crippen LogP contribution in [0.25, 0.3) is 0 Å². The summed E-state index contributed by atoms with van der Waals surface area (Å²) in [5, 5.41) is 38.1. The van der Waals surface area contributed by atoms with Crippen molar-refractivity contribution < 1.29 is 20.2 Å². The molecule has 0 heterocycles. The topological polar surface area (TPSA) is 80.9 Å². The standard InChI is InChI=1S/C11H26BO4/c1-10(2,3)8(7-13)9(11(4,5)6)12(14,15)16/h8-9,13-16H,7H2,1-6H3/q-1. The Bertz CT molecular complexity index is 208. The fourth-order valence-corrected chi connectivity index (χ4v) is 2.51. The molecule has 2 unspecified atom stereocenters. The van der Waals surface area contributed by atoms with Gasteiger partial charge in [-0.2, -0.15) is 0 Å². The van der Waals surface area contributed by atoms with Gasteiger partial charge in [0.2, 0.25) is 0 Å². The summed E-state index contributed by atoms with van der Waals surface area (Å²) < 4.78 is 0. The van der Waals surface area contributed by atoms with Crippen LogP contribution in [0.5, 0.6) is 0 Å². The molecule has 0 saturated heterocycles. The van der Waals surface area contributed by atoms with E-state index < -0.39 is 18.0 Å². The zero-order valence-corrected chi connectivity index (χ0v) is 11.2. The smallest absolute Gasteiger partial charge is 0.375 e. The summed E-state index contributed by atoms with van der Waals surface area (Å²) in [6.07, 6.45) is 0. The summed E-state index contributed by atoms with van der Waals surface area (Å²) in [5.74, 6) is -1.15. The molecule has 4 N–H and O–H groups in total. The molecule has 0 spiro atoms. The minimum atomic E-state index is -3.45.